The van der Waals surface area contributed by atoms with E-state index in [4.69, 9.17) is 4.52 Å². The van der Waals surface area contributed by atoms with E-state index < -0.39 is 0 Å². The maximum Gasteiger partial charge on any atom is 0.262 e. The highest BCUT2D eigenvalue weighted by Gasteiger charge is 2.16. The molecule has 0 aliphatic heterocycles. The molecule has 21 heavy (non-hydrogen) atoms. The summed E-state index contributed by atoms with van der Waals surface area (Å²) in [6.45, 7) is 2.02. The largest absolute Gasteiger partial charge is 0.508 e. The molecule has 0 atom stereocenters. The van der Waals surface area contributed by atoms with Crippen LogP contribution in [0.25, 0.3) is 22.8 Å². The second-order valence-electron chi connectivity index (χ2n) is 4.51. The van der Waals surface area contributed by atoms with Crippen molar-refractivity contribution in [1.29, 1.82) is 0 Å². The molecule has 0 amide bonds. The summed E-state index contributed by atoms with van der Waals surface area (Å²) in [6, 6.07) is 6.02. The molecule has 0 fully saturated rings. The SMILES string of the molecule is CCc1cnccc1-c1noc(-c2ccc(O)cc2O)n1. The first kappa shape index (κ1) is 13.1. The van der Waals surface area contributed by atoms with Crippen LogP contribution in [-0.4, -0.2) is 25.3 Å². The maximum atomic E-state index is 9.83. The first-order chi connectivity index (χ1) is 10.2. The summed E-state index contributed by atoms with van der Waals surface area (Å²) in [7, 11) is 0. The number of hydrogen-bond donors (Lipinski definition) is 2. The van der Waals surface area contributed by atoms with E-state index in [1.807, 2.05) is 13.0 Å². The normalized spacial score (nSPS) is 10.7. The summed E-state index contributed by atoms with van der Waals surface area (Å²) in [5.74, 6) is 0.493. The molecule has 2 N–H and O–H groups in total. The summed E-state index contributed by atoms with van der Waals surface area (Å²) in [5.41, 5.74) is 2.24. The van der Waals surface area contributed by atoms with Crippen LogP contribution >= 0.6 is 0 Å². The molecule has 6 heteroatoms. The van der Waals surface area contributed by atoms with Crippen molar-refractivity contribution in [3.05, 3.63) is 42.2 Å². The highest BCUT2D eigenvalue weighted by atomic mass is 16.5. The zero-order valence-electron chi connectivity index (χ0n) is 11.3. The third kappa shape index (κ3) is 2.43. The van der Waals surface area contributed by atoms with Gasteiger partial charge >= 0.3 is 0 Å². The lowest BCUT2D eigenvalue weighted by atomic mass is 10.1. The molecule has 0 bridgehead atoms. The molecule has 0 aliphatic rings. The van der Waals surface area contributed by atoms with Gasteiger partial charge in [-0.05, 0) is 30.2 Å². The van der Waals surface area contributed by atoms with Gasteiger partial charge in [0.05, 0.1) is 5.56 Å². The Labute approximate surface area is 120 Å². The van der Waals surface area contributed by atoms with Gasteiger partial charge in [-0.25, -0.2) is 0 Å². The van der Waals surface area contributed by atoms with E-state index in [1.165, 1.54) is 18.2 Å². The first-order valence-corrected chi connectivity index (χ1v) is 6.48. The molecule has 0 unspecified atom stereocenters. The Morgan fingerprint density at radius 2 is 2.00 bits per heavy atom. The summed E-state index contributed by atoms with van der Waals surface area (Å²) in [4.78, 5) is 8.38. The topological polar surface area (TPSA) is 92.3 Å². The van der Waals surface area contributed by atoms with E-state index >= 15 is 0 Å². The Hall–Kier alpha value is -2.89. The molecule has 3 aromatic rings. The summed E-state index contributed by atoms with van der Waals surface area (Å²) < 4.78 is 5.20. The quantitative estimate of drug-likeness (QED) is 0.767. The monoisotopic (exact) mass is 283 g/mol. The third-order valence-corrected chi connectivity index (χ3v) is 3.16. The number of pyridine rings is 1. The van der Waals surface area contributed by atoms with E-state index in [0.717, 1.165) is 17.5 Å². The standard InChI is InChI=1S/C15H13N3O3/c1-2-9-8-16-6-5-11(9)14-17-15(21-18-14)12-4-3-10(19)7-13(12)20/h3-8,19-20H,2H2,1H3. The van der Waals surface area contributed by atoms with Gasteiger partial charge in [0, 0.05) is 24.0 Å². The molecule has 0 saturated heterocycles. The van der Waals surface area contributed by atoms with Crippen molar-refractivity contribution in [2.24, 2.45) is 0 Å². The van der Waals surface area contributed by atoms with Crippen LogP contribution < -0.4 is 0 Å². The van der Waals surface area contributed by atoms with Gasteiger partial charge in [-0.15, -0.1) is 0 Å². The minimum absolute atomic E-state index is 0.0293. The van der Waals surface area contributed by atoms with E-state index in [-0.39, 0.29) is 17.4 Å². The fourth-order valence-electron chi connectivity index (χ4n) is 2.07. The number of rotatable bonds is 3. The number of nitrogens with zero attached hydrogens (tertiary/aromatic N) is 3. The molecular formula is C15H13N3O3. The van der Waals surface area contributed by atoms with Gasteiger partial charge in [-0.1, -0.05) is 12.1 Å². The van der Waals surface area contributed by atoms with Crippen LogP contribution in [0.15, 0.2) is 41.2 Å². The summed E-state index contributed by atoms with van der Waals surface area (Å²) in [6.07, 6.45) is 4.24. The van der Waals surface area contributed by atoms with E-state index in [0.29, 0.717) is 11.4 Å². The average molecular weight is 283 g/mol. The zero-order valence-corrected chi connectivity index (χ0v) is 11.3. The van der Waals surface area contributed by atoms with Crippen molar-refractivity contribution >= 4 is 0 Å². The molecule has 2 heterocycles. The van der Waals surface area contributed by atoms with E-state index in [2.05, 4.69) is 15.1 Å². The Morgan fingerprint density at radius 1 is 1.14 bits per heavy atom. The van der Waals surface area contributed by atoms with E-state index in [9.17, 15) is 10.2 Å². The number of aryl methyl sites for hydroxylation is 1. The van der Waals surface area contributed by atoms with Crippen LogP contribution in [0, 0.1) is 0 Å². The van der Waals surface area contributed by atoms with Crippen LogP contribution in [-0.2, 0) is 6.42 Å². The van der Waals surface area contributed by atoms with Crippen molar-refractivity contribution in [1.82, 2.24) is 15.1 Å². The van der Waals surface area contributed by atoms with Crippen LogP contribution in [0.2, 0.25) is 0 Å². The molecule has 6 nitrogen and oxygen atoms in total. The van der Waals surface area contributed by atoms with Gasteiger partial charge in [-0.2, -0.15) is 4.98 Å². The molecule has 3 rings (SSSR count). The second kappa shape index (κ2) is 5.24. The van der Waals surface area contributed by atoms with E-state index in [1.54, 1.807) is 12.4 Å². The lowest BCUT2D eigenvalue weighted by Crippen LogP contribution is -1.90. The highest BCUT2D eigenvalue weighted by molar-refractivity contribution is 5.66. The molecule has 2 aromatic heterocycles. The van der Waals surface area contributed by atoms with Crippen molar-refractivity contribution in [3.8, 4) is 34.3 Å². The number of hydrogen-bond acceptors (Lipinski definition) is 6. The average Bonchev–Trinajstić information content (AvgIpc) is 2.96. The predicted molar refractivity (Wildman–Crippen MR) is 75.7 cm³/mol. The third-order valence-electron chi connectivity index (χ3n) is 3.16. The molecule has 106 valence electrons. The fourth-order valence-corrected chi connectivity index (χ4v) is 2.07. The van der Waals surface area contributed by atoms with Crippen molar-refractivity contribution in [2.75, 3.05) is 0 Å². The minimum Gasteiger partial charge on any atom is -0.508 e. The Morgan fingerprint density at radius 3 is 2.76 bits per heavy atom. The Balaban J connectivity index is 2.04. The summed E-state index contributed by atoms with van der Waals surface area (Å²) >= 11 is 0. The van der Waals surface area contributed by atoms with Crippen LogP contribution in [0.3, 0.4) is 0 Å². The van der Waals surface area contributed by atoms with Crippen molar-refractivity contribution in [2.45, 2.75) is 13.3 Å². The van der Waals surface area contributed by atoms with Gasteiger partial charge in [-0.3, -0.25) is 4.98 Å². The lowest BCUT2D eigenvalue weighted by Gasteiger charge is -2.01. The van der Waals surface area contributed by atoms with Crippen LogP contribution in [0.5, 0.6) is 11.5 Å². The molecule has 0 saturated carbocycles. The second-order valence-corrected chi connectivity index (χ2v) is 4.51. The van der Waals surface area contributed by atoms with Crippen molar-refractivity contribution < 1.29 is 14.7 Å². The number of aromatic nitrogens is 3. The van der Waals surface area contributed by atoms with Crippen LogP contribution in [0.4, 0.5) is 0 Å². The number of aromatic hydroxyl groups is 2. The molecule has 0 aliphatic carbocycles. The maximum absolute atomic E-state index is 9.83. The number of benzene rings is 1. The molecule has 0 radical (unpaired) electrons. The summed E-state index contributed by atoms with van der Waals surface area (Å²) in [5, 5.41) is 23.1. The van der Waals surface area contributed by atoms with Gasteiger partial charge in [0.25, 0.3) is 5.89 Å². The fraction of sp³-hybridized carbons (Fsp3) is 0.133. The number of phenols is 2. The molecular weight excluding hydrogens is 270 g/mol. The van der Waals surface area contributed by atoms with Crippen molar-refractivity contribution in [3.63, 3.8) is 0 Å². The molecule has 0 spiro atoms. The zero-order chi connectivity index (χ0) is 14.8. The van der Waals surface area contributed by atoms with Gasteiger partial charge < -0.3 is 14.7 Å². The molecule has 1 aromatic carbocycles. The minimum atomic E-state index is -0.115. The Bertz CT molecular complexity index is 783. The highest BCUT2D eigenvalue weighted by Crippen LogP contribution is 2.32. The van der Waals surface area contributed by atoms with Gasteiger partial charge in [0.2, 0.25) is 5.82 Å². The van der Waals surface area contributed by atoms with Crippen LogP contribution in [0.1, 0.15) is 12.5 Å². The first-order valence-electron chi connectivity index (χ1n) is 6.48. The lowest BCUT2D eigenvalue weighted by molar-refractivity contribution is 0.423. The van der Waals surface area contributed by atoms with Gasteiger partial charge in [0.15, 0.2) is 0 Å². The smallest absolute Gasteiger partial charge is 0.262 e. The predicted octanol–water partition coefficient (Wildman–Crippen LogP) is 2.77. The van der Waals surface area contributed by atoms with Gasteiger partial charge in [0.1, 0.15) is 11.5 Å². The Kier molecular flexibility index (Phi) is 3.27. The number of phenolic OH excluding ortho intramolecular Hbond substituents is 2.